The van der Waals surface area contributed by atoms with Gasteiger partial charge in [-0.2, -0.15) is 11.3 Å². The fourth-order valence-corrected chi connectivity index (χ4v) is 4.08. The molecule has 0 aliphatic heterocycles. The topological polar surface area (TPSA) is 69.9 Å². The van der Waals surface area contributed by atoms with E-state index in [0.29, 0.717) is 28.5 Å². The number of carbonyl (C=O) groups is 1. The maximum Gasteiger partial charge on any atom is 0.210 e. The number of carbonyl (C=O) groups excluding carboxylic acids is 1. The Morgan fingerprint density at radius 3 is 2.26 bits per heavy atom. The third-order valence-electron chi connectivity index (χ3n) is 4.94. The van der Waals surface area contributed by atoms with Crippen LogP contribution in [-0.2, 0) is 0 Å². The summed E-state index contributed by atoms with van der Waals surface area (Å²) in [5, 5.41) is 13.8. The minimum Gasteiger partial charge on any atom is -0.508 e. The Morgan fingerprint density at radius 2 is 1.68 bits per heavy atom. The molecule has 0 spiro atoms. The molecule has 4 aromatic rings. The highest BCUT2D eigenvalue weighted by molar-refractivity contribution is 7.08. The molecule has 0 atom stereocenters. The molecular formula is C24H21NO5S. The summed E-state index contributed by atoms with van der Waals surface area (Å²) in [7, 11) is 4.55. The van der Waals surface area contributed by atoms with E-state index in [2.05, 4.69) is 0 Å². The predicted molar refractivity (Wildman–Crippen MR) is 120 cm³/mol. The number of aromatic hydroxyl groups is 1. The van der Waals surface area contributed by atoms with Crippen molar-refractivity contribution in [3.05, 3.63) is 76.7 Å². The number of hydrogen-bond donors (Lipinski definition) is 1. The third kappa shape index (κ3) is 3.87. The van der Waals surface area contributed by atoms with Crippen molar-refractivity contribution in [2.45, 2.75) is 0 Å². The summed E-state index contributed by atoms with van der Waals surface area (Å²) in [6.45, 7) is 0. The smallest absolute Gasteiger partial charge is 0.210 e. The quantitative estimate of drug-likeness (QED) is 0.406. The lowest BCUT2D eigenvalue weighted by Crippen LogP contribution is -2.09. The number of ketones is 1. The fraction of sp³-hybridized carbons (Fsp3) is 0.125. The minimum absolute atomic E-state index is 0.165. The largest absolute Gasteiger partial charge is 0.508 e. The van der Waals surface area contributed by atoms with E-state index in [1.165, 1.54) is 21.3 Å². The molecule has 1 N–H and O–H groups in total. The van der Waals surface area contributed by atoms with Gasteiger partial charge in [0.15, 0.2) is 11.5 Å². The number of benzene rings is 2. The highest BCUT2D eigenvalue weighted by Gasteiger charge is 2.22. The number of nitrogens with zero attached hydrogens (tertiary/aromatic N) is 1. The molecule has 158 valence electrons. The van der Waals surface area contributed by atoms with Crippen LogP contribution in [0.3, 0.4) is 0 Å². The number of thiophene rings is 1. The van der Waals surface area contributed by atoms with E-state index in [4.69, 9.17) is 14.2 Å². The average molecular weight is 436 g/mol. The zero-order valence-corrected chi connectivity index (χ0v) is 18.1. The highest BCUT2D eigenvalue weighted by Crippen LogP contribution is 2.39. The molecule has 0 saturated heterocycles. The van der Waals surface area contributed by atoms with E-state index in [1.54, 1.807) is 41.7 Å². The van der Waals surface area contributed by atoms with Gasteiger partial charge in [0.1, 0.15) is 5.75 Å². The standard InChI is InChI=1S/C24H21NO5S/c1-28-21-11-16(12-22(29-2)24(21)30-3)23(27)20-10-17(15-5-4-6-19(26)9-15)13-25(20)18-7-8-31-14-18/h4-14,26H,1-3H3. The maximum absolute atomic E-state index is 13.6. The Morgan fingerprint density at radius 1 is 0.935 bits per heavy atom. The molecule has 4 rings (SSSR count). The molecule has 2 heterocycles. The van der Waals surface area contributed by atoms with Crippen LogP contribution in [0.4, 0.5) is 0 Å². The van der Waals surface area contributed by atoms with Gasteiger partial charge in [0.05, 0.1) is 32.7 Å². The number of rotatable bonds is 7. The van der Waals surface area contributed by atoms with Crippen molar-refractivity contribution in [2.75, 3.05) is 21.3 Å². The van der Waals surface area contributed by atoms with Gasteiger partial charge in [0.2, 0.25) is 11.5 Å². The van der Waals surface area contributed by atoms with Crippen molar-refractivity contribution in [1.82, 2.24) is 4.57 Å². The first-order chi connectivity index (χ1) is 15.0. The molecule has 0 saturated carbocycles. The first kappa shape index (κ1) is 20.6. The van der Waals surface area contributed by atoms with Gasteiger partial charge in [-0.3, -0.25) is 4.79 Å². The Balaban J connectivity index is 1.86. The first-order valence-electron chi connectivity index (χ1n) is 9.44. The molecule has 6 nitrogen and oxygen atoms in total. The van der Waals surface area contributed by atoms with Crippen LogP contribution in [0.1, 0.15) is 16.1 Å². The van der Waals surface area contributed by atoms with Gasteiger partial charge in [-0.05, 0) is 47.3 Å². The Labute approximate surface area is 183 Å². The molecule has 7 heteroatoms. The van der Waals surface area contributed by atoms with Crippen molar-refractivity contribution in [3.63, 3.8) is 0 Å². The number of phenolic OH excluding ortho intramolecular Hbond substituents is 1. The molecule has 0 aliphatic rings. The molecule has 2 aromatic heterocycles. The summed E-state index contributed by atoms with van der Waals surface area (Å²) in [6.07, 6.45) is 1.89. The maximum atomic E-state index is 13.6. The fourth-order valence-electron chi connectivity index (χ4n) is 3.45. The van der Waals surface area contributed by atoms with Crippen LogP contribution in [0.5, 0.6) is 23.0 Å². The molecule has 31 heavy (non-hydrogen) atoms. The van der Waals surface area contributed by atoms with Gasteiger partial charge in [0, 0.05) is 22.7 Å². The van der Waals surface area contributed by atoms with Crippen LogP contribution in [0.15, 0.2) is 65.5 Å². The lowest BCUT2D eigenvalue weighted by atomic mass is 10.0. The monoisotopic (exact) mass is 435 g/mol. The summed E-state index contributed by atoms with van der Waals surface area (Å²) >= 11 is 1.55. The molecule has 0 unspecified atom stereocenters. The van der Waals surface area contributed by atoms with Crippen molar-refractivity contribution < 1.29 is 24.1 Å². The number of phenols is 1. The van der Waals surface area contributed by atoms with Crippen LogP contribution in [0, 0.1) is 0 Å². The minimum atomic E-state index is -0.197. The molecule has 0 bridgehead atoms. The highest BCUT2D eigenvalue weighted by atomic mass is 32.1. The SMILES string of the molecule is COc1cc(C(=O)c2cc(-c3cccc(O)c3)cn2-c2ccsc2)cc(OC)c1OC. The van der Waals surface area contributed by atoms with Gasteiger partial charge in [-0.1, -0.05) is 12.1 Å². The predicted octanol–water partition coefficient (Wildman–Crippen LogP) is 5.17. The second kappa shape index (κ2) is 8.57. The van der Waals surface area contributed by atoms with E-state index in [9.17, 15) is 9.90 Å². The summed E-state index contributed by atoms with van der Waals surface area (Å²) in [5.74, 6) is 1.21. The van der Waals surface area contributed by atoms with Crippen molar-refractivity contribution in [1.29, 1.82) is 0 Å². The summed E-state index contributed by atoms with van der Waals surface area (Å²) in [6, 6.07) is 14.0. The lowest BCUT2D eigenvalue weighted by molar-refractivity contribution is 0.103. The number of hydrogen-bond acceptors (Lipinski definition) is 6. The lowest BCUT2D eigenvalue weighted by Gasteiger charge is -2.14. The van der Waals surface area contributed by atoms with Gasteiger partial charge >= 0.3 is 0 Å². The molecule has 0 radical (unpaired) electrons. The number of aromatic nitrogens is 1. The zero-order valence-electron chi connectivity index (χ0n) is 17.3. The Kier molecular flexibility index (Phi) is 5.68. The Bertz CT molecular complexity index is 1200. The number of methoxy groups -OCH3 is 3. The van der Waals surface area contributed by atoms with Crippen LogP contribution in [0.25, 0.3) is 16.8 Å². The average Bonchev–Trinajstić information content (AvgIpc) is 3.47. The van der Waals surface area contributed by atoms with Gasteiger partial charge in [0.25, 0.3) is 0 Å². The van der Waals surface area contributed by atoms with E-state index < -0.39 is 0 Å². The van der Waals surface area contributed by atoms with E-state index in [-0.39, 0.29) is 11.5 Å². The Hall–Kier alpha value is -3.71. The first-order valence-corrected chi connectivity index (χ1v) is 10.4. The van der Waals surface area contributed by atoms with Gasteiger partial charge in [-0.25, -0.2) is 0 Å². The summed E-state index contributed by atoms with van der Waals surface area (Å²) < 4.78 is 18.0. The van der Waals surface area contributed by atoms with Gasteiger partial charge < -0.3 is 23.9 Å². The summed E-state index contributed by atoms with van der Waals surface area (Å²) in [5.41, 5.74) is 3.40. The molecule has 0 aliphatic carbocycles. The normalized spacial score (nSPS) is 10.7. The molecule has 0 fully saturated rings. The second-order valence-electron chi connectivity index (χ2n) is 6.76. The van der Waals surface area contributed by atoms with Crippen molar-refractivity contribution in [3.8, 4) is 39.8 Å². The van der Waals surface area contributed by atoms with E-state index >= 15 is 0 Å². The van der Waals surface area contributed by atoms with Crippen LogP contribution >= 0.6 is 11.3 Å². The van der Waals surface area contributed by atoms with E-state index in [1.807, 2.05) is 39.7 Å². The zero-order chi connectivity index (χ0) is 22.0. The van der Waals surface area contributed by atoms with Crippen LogP contribution < -0.4 is 14.2 Å². The summed E-state index contributed by atoms with van der Waals surface area (Å²) in [4.78, 5) is 13.6. The molecule has 2 aromatic carbocycles. The van der Waals surface area contributed by atoms with Gasteiger partial charge in [-0.15, -0.1) is 0 Å². The number of ether oxygens (including phenoxy) is 3. The van der Waals surface area contributed by atoms with Crippen LogP contribution in [-0.4, -0.2) is 36.8 Å². The third-order valence-corrected chi connectivity index (χ3v) is 5.61. The second-order valence-corrected chi connectivity index (χ2v) is 7.54. The molecule has 0 amide bonds. The molecular weight excluding hydrogens is 414 g/mol. The van der Waals surface area contributed by atoms with Crippen LogP contribution in [0.2, 0.25) is 0 Å². The van der Waals surface area contributed by atoms with E-state index in [0.717, 1.165) is 16.8 Å². The van der Waals surface area contributed by atoms with Crippen molar-refractivity contribution in [2.24, 2.45) is 0 Å². The van der Waals surface area contributed by atoms with Crippen molar-refractivity contribution >= 4 is 17.1 Å².